The van der Waals surface area contributed by atoms with Crippen molar-refractivity contribution in [3.63, 3.8) is 0 Å². The summed E-state index contributed by atoms with van der Waals surface area (Å²) < 4.78 is 0. The largest absolute Gasteiger partial charge is 0.399 e. The lowest BCUT2D eigenvalue weighted by atomic mass is 10.1. The molecule has 22 heavy (non-hydrogen) atoms. The lowest BCUT2D eigenvalue weighted by Crippen LogP contribution is -1.84. The SMILES string of the molecule is Nc1ccc(-c2nc3ccc(-c4cccnc4)cc3[nH]2)cc1. The van der Waals surface area contributed by atoms with Gasteiger partial charge in [0.15, 0.2) is 0 Å². The highest BCUT2D eigenvalue weighted by Gasteiger charge is 2.07. The molecular weight excluding hydrogens is 272 g/mol. The van der Waals surface area contributed by atoms with Crippen molar-refractivity contribution in [3.05, 3.63) is 67.0 Å². The minimum Gasteiger partial charge on any atom is -0.399 e. The first kappa shape index (κ1) is 12.6. The summed E-state index contributed by atoms with van der Waals surface area (Å²) in [5, 5.41) is 0. The van der Waals surface area contributed by atoms with Gasteiger partial charge in [0.2, 0.25) is 0 Å². The Morgan fingerprint density at radius 3 is 2.45 bits per heavy atom. The molecule has 0 fully saturated rings. The molecule has 4 rings (SSSR count). The van der Waals surface area contributed by atoms with Crippen molar-refractivity contribution in [2.45, 2.75) is 0 Å². The Bertz CT molecular complexity index is 924. The van der Waals surface area contributed by atoms with Gasteiger partial charge in [-0.15, -0.1) is 0 Å². The highest BCUT2D eigenvalue weighted by molar-refractivity contribution is 5.84. The second kappa shape index (κ2) is 5.00. The smallest absolute Gasteiger partial charge is 0.138 e. The van der Waals surface area contributed by atoms with Crippen molar-refractivity contribution in [2.24, 2.45) is 0 Å². The van der Waals surface area contributed by atoms with Gasteiger partial charge in [-0.05, 0) is 48.0 Å². The molecule has 0 aliphatic carbocycles. The van der Waals surface area contributed by atoms with Crippen LogP contribution < -0.4 is 5.73 Å². The second-order valence-corrected chi connectivity index (χ2v) is 5.18. The van der Waals surface area contributed by atoms with E-state index in [1.54, 1.807) is 6.20 Å². The summed E-state index contributed by atoms with van der Waals surface area (Å²) in [6.45, 7) is 0. The molecule has 0 atom stereocenters. The van der Waals surface area contributed by atoms with Crippen molar-refractivity contribution in [1.82, 2.24) is 15.0 Å². The second-order valence-electron chi connectivity index (χ2n) is 5.18. The highest BCUT2D eigenvalue weighted by atomic mass is 14.9. The number of rotatable bonds is 2. The number of H-pyrrole nitrogens is 1. The molecule has 3 N–H and O–H groups in total. The maximum atomic E-state index is 5.73. The monoisotopic (exact) mass is 286 g/mol. The molecule has 0 radical (unpaired) electrons. The average molecular weight is 286 g/mol. The number of nitrogen functional groups attached to an aromatic ring is 1. The molecule has 0 saturated carbocycles. The standard InChI is InChI=1S/C18H14N4/c19-15-6-3-12(4-7-15)18-21-16-8-5-13(10-17(16)22-18)14-2-1-9-20-11-14/h1-11H,19H2,(H,21,22). The maximum Gasteiger partial charge on any atom is 0.138 e. The van der Waals surface area contributed by atoms with Crippen LogP contribution in [0.2, 0.25) is 0 Å². The van der Waals surface area contributed by atoms with E-state index in [0.29, 0.717) is 0 Å². The van der Waals surface area contributed by atoms with Crippen molar-refractivity contribution >= 4 is 16.7 Å². The van der Waals surface area contributed by atoms with E-state index in [-0.39, 0.29) is 0 Å². The topological polar surface area (TPSA) is 67.6 Å². The fraction of sp³-hybridized carbons (Fsp3) is 0. The first-order valence-electron chi connectivity index (χ1n) is 7.06. The number of fused-ring (bicyclic) bond motifs is 1. The van der Waals surface area contributed by atoms with Crippen LogP contribution in [0.4, 0.5) is 5.69 Å². The van der Waals surface area contributed by atoms with E-state index in [4.69, 9.17) is 5.73 Å². The van der Waals surface area contributed by atoms with Gasteiger partial charge in [0.1, 0.15) is 5.82 Å². The van der Waals surface area contributed by atoms with E-state index in [2.05, 4.69) is 27.1 Å². The highest BCUT2D eigenvalue weighted by Crippen LogP contribution is 2.25. The summed E-state index contributed by atoms with van der Waals surface area (Å²) in [5.41, 5.74) is 11.7. The number of aromatic nitrogens is 3. The van der Waals surface area contributed by atoms with E-state index in [1.807, 2.05) is 48.7 Å². The molecular formula is C18H14N4. The van der Waals surface area contributed by atoms with Gasteiger partial charge in [0, 0.05) is 29.2 Å². The number of nitrogens with two attached hydrogens (primary N) is 1. The molecule has 0 aliphatic heterocycles. The van der Waals surface area contributed by atoms with E-state index in [9.17, 15) is 0 Å². The Hall–Kier alpha value is -3.14. The molecule has 106 valence electrons. The zero-order valence-electron chi connectivity index (χ0n) is 11.8. The maximum absolute atomic E-state index is 5.73. The third-order valence-corrected chi connectivity index (χ3v) is 3.66. The number of imidazole rings is 1. The molecule has 0 aliphatic rings. The summed E-state index contributed by atoms with van der Waals surface area (Å²) in [7, 11) is 0. The number of hydrogen-bond acceptors (Lipinski definition) is 3. The first-order valence-corrected chi connectivity index (χ1v) is 7.06. The molecule has 0 amide bonds. The van der Waals surface area contributed by atoms with Crippen LogP contribution in [0.15, 0.2) is 67.0 Å². The Balaban J connectivity index is 1.80. The first-order chi connectivity index (χ1) is 10.8. The van der Waals surface area contributed by atoms with Crippen molar-refractivity contribution in [1.29, 1.82) is 0 Å². The number of nitrogens with one attached hydrogen (secondary N) is 1. The molecule has 4 heteroatoms. The quantitative estimate of drug-likeness (QED) is 0.550. The molecule has 4 nitrogen and oxygen atoms in total. The van der Waals surface area contributed by atoms with E-state index in [1.165, 1.54) is 0 Å². The summed E-state index contributed by atoms with van der Waals surface area (Å²) in [6, 6.07) is 17.9. The zero-order valence-corrected chi connectivity index (χ0v) is 11.8. The van der Waals surface area contributed by atoms with Gasteiger partial charge < -0.3 is 10.7 Å². The molecule has 0 bridgehead atoms. The number of aromatic amines is 1. The van der Waals surface area contributed by atoms with Gasteiger partial charge in [0.05, 0.1) is 11.0 Å². The van der Waals surface area contributed by atoms with Gasteiger partial charge in [-0.2, -0.15) is 0 Å². The Kier molecular flexibility index (Phi) is 2.86. The predicted molar refractivity (Wildman–Crippen MR) is 89.2 cm³/mol. The third kappa shape index (κ3) is 2.20. The minimum atomic E-state index is 0.749. The summed E-state index contributed by atoms with van der Waals surface area (Å²) in [4.78, 5) is 12.2. The van der Waals surface area contributed by atoms with Crippen LogP contribution >= 0.6 is 0 Å². The van der Waals surface area contributed by atoms with Crippen molar-refractivity contribution < 1.29 is 0 Å². The Morgan fingerprint density at radius 1 is 0.864 bits per heavy atom. The van der Waals surface area contributed by atoms with Gasteiger partial charge in [-0.1, -0.05) is 12.1 Å². The lowest BCUT2D eigenvalue weighted by Gasteiger charge is -1.99. The van der Waals surface area contributed by atoms with E-state index >= 15 is 0 Å². The van der Waals surface area contributed by atoms with Crippen LogP contribution in [-0.2, 0) is 0 Å². The normalized spacial score (nSPS) is 10.9. The van der Waals surface area contributed by atoms with E-state index in [0.717, 1.165) is 39.2 Å². The number of pyridine rings is 1. The third-order valence-electron chi connectivity index (χ3n) is 3.66. The van der Waals surface area contributed by atoms with Crippen molar-refractivity contribution in [3.8, 4) is 22.5 Å². The summed E-state index contributed by atoms with van der Waals surface area (Å²) in [5.74, 6) is 0.846. The van der Waals surface area contributed by atoms with Gasteiger partial charge >= 0.3 is 0 Å². The summed E-state index contributed by atoms with van der Waals surface area (Å²) in [6.07, 6.45) is 3.63. The van der Waals surface area contributed by atoms with Gasteiger partial charge in [0.25, 0.3) is 0 Å². The Morgan fingerprint density at radius 2 is 1.68 bits per heavy atom. The molecule has 0 saturated heterocycles. The number of benzene rings is 2. The molecule has 0 unspecified atom stereocenters. The molecule has 4 aromatic rings. The van der Waals surface area contributed by atoms with Gasteiger partial charge in [-0.25, -0.2) is 4.98 Å². The van der Waals surface area contributed by atoms with Crippen molar-refractivity contribution in [2.75, 3.05) is 5.73 Å². The fourth-order valence-electron chi connectivity index (χ4n) is 2.50. The molecule has 0 spiro atoms. The number of anilines is 1. The molecule has 2 heterocycles. The fourth-order valence-corrected chi connectivity index (χ4v) is 2.50. The predicted octanol–water partition coefficient (Wildman–Crippen LogP) is 3.87. The van der Waals surface area contributed by atoms with Crippen LogP contribution in [0.3, 0.4) is 0 Å². The van der Waals surface area contributed by atoms with Crippen LogP contribution in [0.5, 0.6) is 0 Å². The zero-order chi connectivity index (χ0) is 14.9. The number of hydrogen-bond donors (Lipinski definition) is 2. The lowest BCUT2D eigenvalue weighted by molar-refractivity contribution is 1.33. The summed E-state index contributed by atoms with van der Waals surface area (Å²) >= 11 is 0. The Labute approximate surface area is 127 Å². The van der Waals surface area contributed by atoms with Crippen LogP contribution in [0.25, 0.3) is 33.5 Å². The van der Waals surface area contributed by atoms with Crippen LogP contribution in [0.1, 0.15) is 0 Å². The average Bonchev–Trinajstić information content (AvgIpc) is 2.99. The molecule has 2 aromatic heterocycles. The number of nitrogens with zero attached hydrogens (tertiary/aromatic N) is 2. The molecule has 2 aromatic carbocycles. The van der Waals surface area contributed by atoms with Crippen LogP contribution in [0, 0.1) is 0 Å². The van der Waals surface area contributed by atoms with Crippen LogP contribution in [-0.4, -0.2) is 15.0 Å². The minimum absolute atomic E-state index is 0.749. The van der Waals surface area contributed by atoms with Gasteiger partial charge in [-0.3, -0.25) is 4.98 Å². The van der Waals surface area contributed by atoms with E-state index < -0.39 is 0 Å².